The van der Waals surface area contributed by atoms with Gasteiger partial charge in [0.25, 0.3) is 0 Å². The zero-order chi connectivity index (χ0) is 33.1. The summed E-state index contributed by atoms with van der Waals surface area (Å²) in [6, 6.07) is 37.7. The number of para-hydroxylation sites is 2. The van der Waals surface area contributed by atoms with Gasteiger partial charge in [0.15, 0.2) is 0 Å². The highest BCUT2D eigenvalue weighted by atomic mass is 15.2. The Balaban J connectivity index is 1.36. The highest BCUT2D eigenvalue weighted by Crippen LogP contribution is 2.39. The number of benzene rings is 4. The summed E-state index contributed by atoms with van der Waals surface area (Å²) < 4.78 is 7.22. The number of hydrogen-bond acceptors (Lipinski definition) is 1. The van der Waals surface area contributed by atoms with Crippen LogP contribution in [0.2, 0.25) is 0 Å². The summed E-state index contributed by atoms with van der Waals surface area (Å²) in [5.74, 6) is 0.912. The van der Waals surface area contributed by atoms with Crippen molar-refractivity contribution in [2.45, 2.75) is 47.2 Å². The zero-order valence-corrected chi connectivity index (χ0v) is 28.6. The molecule has 8 rings (SSSR count). The molecule has 1 aliphatic rings. The van der Waals surface area contributed by atoms with Gasteiger partial charge in [-0.3, -0.25) is 0 Å². The smallest absolute Gasteiger partial charge is 0.0587 e. The Morgan fingerprint density at radius 1 is 0.625 bits per heavy atom. The lowest BCUT2D eigenvalue weighted by molar-refractivity contribution is 0.517. The van der Waals surface area contributed by atoms with Gasteiger partial charge in [0.2, 0.25) is 0 Å². The number of nitrogens with zero attached hydrogens (tertiary/aromatic N) is 4. The van der Waals surface area contributed by atoms with Gasteiger partial charge in [-0.2, -0.15) is 0 Å². The standard InChI is InChI=1S/C44H44N4/c1-29(2)27-47-31(5)41-42(43(47)35-15-11-17-37(25-35)45-23-21-33-13-7-9-19-39(33)45)32(6)48(28-30(3)4)44(41)36-16-12-18-38(26-36)46-24-22-34-14-8-10-20-40(34)46/h7-21,23,25-26,29-30H,5-6,22,24,27-28H2,1-4H3. The van der Waals surface area contributed by atoms with Crippen molar-refractivity contribution >= 4 is 46.2 Å². The molecule has 0 saturated heterocycles. The summed E-state index contributed by atoms with van der Waals surface area (Å²) in [6.07, 6.45) is 3.24. The number of rotatable bonds is 8. The molecule has 0 bridgehead atoms. The fraction of sp³-hybridized carbons (Fsp3) is 0.227. The molecule has 1 aliphatic heterocycles. The molecule has 0 radical (unpaired) electrons. The number of hydrogen-bond donors (Lipinski definition) is 0. The third-order valence-electron chi connectivity index (χ3n) is 9.90. The molecule has 4 heterocycles. The van der Waals surface area contributed by atoms with Gasteiger partial charge >= 0.3 is 0 Å². The Labute approximate surface area is 283 Å². The number of fused-ring (bicyclic) bond motifs is 3. The molecule has 0 N–H and O–H groups in total. The summed E-state index contributed by atoms with van der Waals surface area (Å²) in [4.78, 5) is 2.47. The Bertz CT molecular complexity index is 2410. The van der Waals surface area contributed by atoms with Gasteiger partial charge in [-0.05, 0) is 71.7 Å². The Kier molecular flexibility index (Phi) is 7.40. The van der Waals surface area contributed by atoms with Crippen LogP contribution in [-0.4, -0.2) is 20.2 Å². The van der Waals surface area contributed by atoms with E-state index in [0.717, 1.165) is 42.4 Å². The van der Waals surface area contributed by atoms with Crippen LogP contribution in [0.5, 0.6) is 0 Å². The van der Waals surface area contributed by atoms with Gasteiger partial charge in [0.05, 0.1) is 16.9 Å². The van der Waals surface area contributed by atoms with E-state index >= 15 is 0 Å². The van der Waals surface area contributed by atoms with Crippen LogP contribution in [0.15, 0.2) is 109 Å². The van der Waals surface area contributed by atoms with Crippen molar-refractivity contribution in [1.82, 2.24) is 13.7 Å². The average Bonchev–Trinajstić information content (AvgIpc) is 3.84. The van der Waals surface area contributed by atoms with Gasteiger partial charge in [0, 0.05) is 75.5 Å². The molecule has 0 unspecified atom stereocenters. The van der Waals surface area contributed by atoms with Crippen LogP contribution in [0.25, 0.3) is 63.0 Å². The average molecular weight is 629 g/mol. The minimum absolute atomic E-state index is 0.454. The minimum Gasteiger partial charge on any atom is -0.341 e. The lowest BCUT2D eigenvalue weighted by atomic mass is 10.0. The monoisotopic (exact) mass is 628 g/mol. The van der Waals surface area contributed by atoms with Crippen molar-refractivity contribution in [1.29, 1.82) is 0 Å². The maximum atomic E-state index is 4.82. The van der Waals surface area contributed by atoms with Crippen molar-refractivity contribution in [3.05, 3.63) is 126 Å². The van der Waals surface area contributed by atoms with Crippen LogP contribution in [0, 0.1) is 11.8 Å². The summed E-state index contributed by atoms with van der Waals surface area (Å²) in [5.41, 5.74) is 11.1. The second kappa shape index (κ2) is 11.8. The largest absolute Gasteiger partial charge is 0.341 e. The van der Waals surface area contributed by atoms with Gasteiger partial charge < -0.3 is 18.6 Å². The highest BCUT2D eigenvalue weighted by Gasteiger charge is 2.26. The van der Waals surface area contributed by atoms with Crippen molar-refractivity contribution in [2.24, 2.45) is 11.8 Å². The molecule has 3 aromatic heterocycles. The maximum Gasteiger partial charge on any atom is 0.0587 e. The summed E-state index contributed by atoms with van der Waals surface area (Å²) in [5, 5.41) is 5.79. The topological polar surface area (TPSA) is 18.0 Å². The molecule has 4 aromatic carbocycles. The predicted molar refractivity (Wildman–Crippen MR) is 205 cm³/mol. The molecule has 4 nitrogen and oxygen atoms in total. The summed E-state index contributed by atoms with van der Waals surface area (Å²) in [7, 11) is 0. The maximum absolute atomic E-state index is 4.82. The van der Waals surface area contributed by atoms with E-state index in [2.05, 4.69) is 156 Å². The first-order chi connectivity index (χ1) is 23.3. The van der Waals surface area contributed by atoms with E-state index in [1.54, 1.807) is 0 Å². The van der Waals surface area contributed by atoms with Crippen LogP contribution >= 0.6 is 0 Å². The second-order valence-electron chi connectivity index (χ2n) is 14.2. The lowest BCUT2D eigenvalue weighted by Crippen LogP contribution is -2.23. The molecule has 4 heteroatoms. The Hall–Kier alpha value is -5.22. The van der Waals surface area contributed by atoms with Crippen LogP contribution < -0.4 is 15.6 Å². The summed E-state index contributed by atoms with van der Waals surface area (Å²) >= 11 is 0. The molecule has 0 aliphatic carbocycles. The van der Waals surface area contributed by atoms with E-state index in [-0.39, 0.29) is 0 Å². The number of aromatic nitrogens is 3. The minimum atomic E-state index is 0.454. The molecule has 0 saturated carbocycles. The molecule has 0 spiro atoms. The normalized spacial score (nSPS) is 13.1. The van der Waals surface area contributed by atoms with Crippen molar-refractivity contribution in [3.63, 3.8) is 0 Å². The fourth-order valence-corrected chi connectivity index (χ4v) is 7.88. The third kappa shape index (κ3) is 4.90. The van der Waals surface area contributed by atoms with E-state index in [1.807, 2.05) is 0 Å². The van der Waals surface area contributed by atoms with Crippen LogP contribution in [0.4, 0.5) is 11.4 Å². The van der Waals surface area contributed by atoms with Crippen LogP contribution in [-0.2, 0) is 19.5 Å². The molecule has 0 fully saturated rings. The Morgan fingerprint density at radius 2 is 1.21 bits per heavy atom. The predicted octanol–water partition coefficient (Wildman–Crippen LogP) is 9.55. The molecular weight excluding hydrogens is 585 g/mol. The van der Waals surface area contributed by atoms with E-state index < -0.39 is 0 Å². The first-order valence-corrected chi connectivity index (χ1v) is 17.4. The second-order valence-corrected chi connectivity index (χ2v) is 14.2. The van der Waals surface area contributed by atoms with Crippen LogP contribution in [0.3, 0.4) is 0 Å². The molecule has 240 valence electrons. The van der Waals surface area contributed by atoms with Gasteiger partial charge in [0.1, 0.15) is 0 Å². The molecule has 48 heavy (non-hydrogen) atoms. The van der Waals surface area contributed by atoms with Crippen LogP contribution in [0.1, 0.15) is 33.3 Å². The highest BCUT2D eigenvalue weighted by molar-refractivity contribution is 6.05. The van der Waals surface area contributed by atoms with Gasteiger partial charge in [-0.15, -0.1) is 0 Å². The number of anilines is 2. The van der Waals surface area contributed by atoms with E-state index in [9.17, 15) is 0 Å². The fourth-order valence-electron chi connectivity index (χ4n) is 7.88. The molecule has 7 aromatic rings. The summed E-state index contributed by atoms with van der Waals surface area (Å²) in [6.45, 7) is 21.6. The Morgan fingerprint density at radius 3 is 1.88 bits per heavy atom. The SMILES string of the molecule is C=c1c2c(-c3cccc(-n4ccc5ccccc54)c3)n(CC(C)C)c(=C)c2c(-c2cccc(N3CCc4ccccc43)c2)n1CC(C)C. The molecule has 0 atom stereocenters. The quantitative estimate of drug-likeness (QED) is 0.164. The van der Waals surface area contributed by atoms with E-state index in [0.29, 0.717) is 11.8 Å². The third-order valence-corrected chi connectivity index (χ3v) is 9.90. The van der Waals surface area contributed by atoms with Gasteiger partial charge in [-0.25, -0.2) is 0 Å². The van der Waals surface area contributed by atoms with E-state index in [4.69, 9.17) is 13.2 Å². The zero-order valence-electron chi connectivity index (χ0n) is 28.6. The first-order valence-electron chi connectivity index (χ1n) is 17.4. The van der Waals surface area contributed by atoms with Crippen molar-refractivity contribution in [3.8, 4) is 28.2 Å². The van der Waals surface area contributed by atoms with Crippen molar-refractivity contribution in [2.75, 3.05) is 11.4 Å². The first kappa shape index (κ1) is 30.1. The molecule has 0 amide bonds. The lowest BCUT2D eigenvalue weighted by Gasteiger charge is -2.21. The van der Waals surface area contributed by atoms with Gasteiger partial charge in [-0.1, -0.05) is 102 Å². The van der Waals surface area contributed by atoms with Crippen molar-refractivity contribution < 1.29 is 0 Å². The molecular formula is C44H44N4. The van der Waals surface area contributed by atoms with E-state index in [1.165, 1.54) is 61.1 Å².